The van der Waals surface area contributed by atoms with Crippen molar-refractivity contribution in [2.45, 2.75) is 65.6 Å². The molecular weight excluding hydrogens is 294 g/mol. The van der Waals surface area contributed by atoms with E-state index < -0.39 is 0 Å². The van der Waals surface area contributed by atoms with E-state index in [1.807, 2.05) is 0 Å². The molecule has 3 nitrogen and oxygen atoms in total. The van der Waals surface area contributed by atoms with Gasteiger partial charge in [0.2, 0.25) is 0 Å². The van der Waals surface area contributed by atoms with E-state index in [9.17, 15) is 0 Å². The number of hydrogen-bond donors (Lipinski definition) is 2. The van der Waals surface area contributed by atoms with E-state index in [0.717, 1.165) is 18.9 Å². The monoisotopic (exact) mass is 325 g/mol. The lowest BCUT2D eigenvalue weighted by Gasteiger charge is -2.25. The zero-order valence-electron chi connectivity index (χ0n) is 15.4. The van der Waals surface area contributed by atoms with Crippen LogP contribution in [0.3, 0.4) is 0 Å². The van der Waals surface area contributed by atoms with Crippen LogP contribution < -0.4 is 10.6 Å². The van der Waals surface area contributed by atoms with E-state index in [1.165, 1.54) is 60.9 Å². The summed E-state index contributed by atoms with van der Waals surface area (Å²) >= 11 is 0. The van der Waals surface area contributed by atoms with Crippen LogP contribution in [-0.2, 0) is 19.5 Å². The van der Waals surface area contributed by atoms with E-state index >= 15 is 0 Å². The Kier molecular flexibility index (Phi) is 4.40. The minimum Gasteiger partial charge on any atom is -0.344 e. The molecule has 130 valence electrons. The topological polar surface area (TPSA) is 29.0 Å². The average Bonchev–Trinajstić information content (AvgIpc) is 2.86. The number of rotatable bonds is 3. The Morgan fingerprint density at radius 2 is 2.12 bits per heavy atom. The van der Waals surface area contributed by atoms with E-state index in [4.69, 9.17) is 0 Å². The molecule has 0 bridgehead atoms. The highest BCUT2D eigenvalue weighted by atomic mass is 15.0. The van der Waals surface area contributed by atoms with Crippen LogP contribution in [0.1, 0.15) is 48.6 Å². The van der Waals surface area contributed by atoms with Crippen molar-refractivity contribution in [3.8, 4) is 0 Å². The van der Waals surface area contributed by atoms with Crippen LogP contribution >= 0.6 is 0 Å². The Morgan fingerprint density at radius 1 is 1.25 bits per heavy atom. The van der Waals surface area contributed by atoms with Gasteiger partial charge in [-0.05, 0) is 81.8 Å². The maximum atomic E-state index is 3.67. The minimum atomic E-state index is 0.582. The number of fused-ring (bicyclic) bond motifs is 3. The van der Waals surface area contributed by atoms with Crippen molar-refractivity contribution in [1.82, 2.24) is 15.2 Å². The van der Waals surface area contributed by atoms with Crippen molar-refractivity contribution in [2.24, 2.45) is 5.92 Å². The number of nitrogens with zero attached hydrogens (tertiary/aromatic N) is 1. The van der Waals surface area contributed by atoms with Gasteiger partial charge in [0.25, 0.3) is 0 Å². The minimum absolute atomic E-state index is 0.582. The Hall–Kier alpha value is -1.32. The molecule has 2 N–H and O–H groups in total. The normalized spacial score (nSPS) is 24.3. The summed E-state index contributed by atoms with van der Waals surface area (Å²) in [6, 6.07) is 5.33. The number of piperidine rings is 1. The number of nitrogens with one attached hydrogen (secondary N) is 2. The van der Waals surface area contributed by atoms with E-state index in [2.05, 4.69) is 48.1 Å². The van der Waals surface area contributed by atoms with Crippen molar-refractivity contribution in [2.75, 3.05) is 13.1 Å². The van der Waals surface area contributed by atoms with E-state index in [-0.39, 0.29) is 0 Å². The molecule has 2 unspecified atom stereocenters. The molecule has 2 aromatic rings. The quantitative estimate of drug-likeness (QED) is 0.901. The molecule has 1 fully saturated rings. The predicted molar refractivity (Wildman–Crippen MR) is 102 cm³/mol. The largest absolute Gasteiger partial charge is 0.344 e. The zero-order valence-corrected chi connectivity index (χ0v) is 15.4. The first-order chi connectivity index (χ1) is 11.6. The Morgan fingerprint density at radius 3 is 2.92 bits per heavy atom. The maximum absolute atomic E-state index is 3.67. The van der Waals surface area contributed by atoms with Crippen molar-refractivity contribution < 1.29 is 0 Å². The SMILES string of the molecule is Cc1cc(C)c2c3c(n(CCC4CCCNC4)c2c1)CC(C)NC3. The third-order valence-electron chi connectivity index (χ3n) is 6.01. The zero-order chi connectivity index (χ0) is 16.7. The summed E-state index contributed by atoms with van der Waals surface area (Å²) in [7, 11) is 0. The fourth-order valence-corrected chi connectivity index (χ4v) is 4.80. The highest BCUT2D eigenvalue weighted by Crippen LogP contribution is 2.33. The molecule has 2 atom stereocenters. The summed E-state index contributed by atoms with van der Waals surface area (Å²) in [5.41, 5.74) is 7.44. The molecular formula is C21H31N3. The van der Waals surface area contributed by atoms with Crippen LogP contribution in [0.2, 0.25) is 0 Å². The molecule has 0 spiro atoms. The second-order valence-corrected chi connectivity index (χ2v) is 8.04. The first-order valence-electron chi connectivity index (χ1n) is 9.68. The van der Waals surface area contributed by atoms with Gasteiger partial charge in [0.1, 0.15) is 0 Å². The summed E-state index contributed by atoms with van der Waals surface area (Å²) < 4.78 is 2.66. The van der Waals surface area contributed by atoms with Gasteiger partial charge in [-0.25, -0.2) is 0 Å². The predicted octanol–water partition coefficient (Wildman–Crippen LogP) is 3.68. The number of hydrogen-bond acceptors (Lipinski definition) is 2. The van der Waals surface area contributed by atoms with E-state index in [0.29, 0.717) is 6.04 Å². The molecule has 1 saturated heterocycles. The van der Waals surface area contributed by atoms with Crippen LogP contribution in [0.15, 0.2) is 12.1 Å². The first-order valence-corrected chi connectivity index (χ1v) is 9.68. The highest BCUT2D eigenvalue weighted by Gasteiger charge is 2.24. The molecule has 0 saturated carbocycles. The van der Waals surface area contributed by atoms with Crippen molar-refractivity contribution in [3.63, 3.8) is 0 Å². The summed E-state index contributed by atoms with van der Waals surface area (Å²) in [6.45, 7) is 11.4. The average molecular weight is 326 g/mol. The lowest BCUT2D eigenvalue weighted by atomic mass is 9.96. The summed E-state index contributed by atoms with van der Waals surface area (Å²) in [6.07, 6.45) is 5.20. The van der Waals surface area contributed by atoms with Gasteiger partial charge in [0, 0.05) is 42.1 Å². The molecule has 3 heteroatoms. The van der Waals surface area contributed by atoms with Gasteiger partial charge in [0.15, 0.2) is 0 Å². The van der Waals surface area contributed by atoms with Crippen LogP contribution in [-0.4, -0.2) is 23.7 Å². The molecule has 1 aromatic carbocycles. The molecule has 0 amide bonds. The van der Waals surface area contributed by atoms with Gasteiger partial charge in [-0.1, -0.05) is 6.07 Å². The Balaban J connectivity index is 1.73. The Labute approximate surface area is 145 Å². The standard InChI is InChI=1S/C21H31N3/c1-14-9-15(2)21-18-13-23-16(3)11-19(18)24(20(21)10-14)8-6-17-5-4-7-22-12-17/h9-10,16-17,22-23H,4-8,11-13H2,1-3H3. The van der Waals surface area contributed by atoms with Gasteiger partial charge in [-0.2, -0.15) is 0 Å². The highest BCUT2D eigenvalue weighted by molar-refractivity contribution is 5.89. The lowest BCUT2D eigenvalue weighted by Crippen LogP contribution is -2.34. The second kappa shape index (κ2) is 6.53. The van der Waals surface area contributed by atoms with Crippen molar-refractivity contribution in [1.29, 1.82) is 0 Å². The fourth-order valence-electron chi connectivity index (χ4n) is 4.80. The lowest BCUT2D eigenvalue weighted by molar-refractivity contribution is 0.340. The molecule has 24 heavy (non-hydrogen) atoms. The third-order valence-corrected chi connectivity index (χ3v) is 6.01. The molecule has 2 aliphatic rings. The first kappa shape index (κ1) is 16.2. The van der Waals surface area contributed by atoms with Gasteiger partial charge in [-0.15, -0.1) is 0 Å². The van der Waals surface area contributed by atoms with Crippen LogP contribution in [0.5, 0.6) is 0 Å². The summed E-state index contributed by atoms with van der Waals surface area (Å²) in [5.74, 6) is 0.844. The molecule has 3 heterocycles. The smallest absolute Gasteiger partial charge is 0.0491 e. The number of aromatic nitrogens is 1. The molecule has 0 radical (unpaired) electrons. The fraction of sp³-hybridized carbons (Fsp3) is 0.619. The van der Waals surface area contributed by atoms with Crippen molar-refractivity contribution >= 4 is 10.9 Å². The number of benzene rings is 1. The van der Waals surface area contributed by atoms with Crippen LogP contribution in [0.4, 0.5) is 0 Å². The second-order valence-electron chi connectivity index (χ2n) is 8.04. The summed E-state index contributed by atoms with van der Waals surface area (Å²) in [4.78, 5) is 0. The molecule has 4 rings (SSSR count). The van der Waals surface area contributed by atoms with Crippen LogP contribution in [0, 0.1) is 19.8 Å². The maximum Gasteiger partial charge on any atom is 0.0491 e. The van der Waals surface area contributed by atoms with Gasteiger partial charge >= 0.3 is 0 Å². The molecule has 0 aliphatic carbocycles. The van der Waals surface area contributed by atoms with Gasteiger partial charge in [-0.3, -0.25) is 0 Å². The van der Waals surface area contributed by atoms with Gasteiger partial charge in [0.05, 0.1) is 0 Å². The van der Waals surface area contributed by atoms with Crippen LogP contribution in [0.25, 0.3) is 10.9 Å². The van der Waals surface area contributed by atoms with E-state index in [1.54, 1.807) is 11.3 Å². The van der Waals surface area contributed by atoms with Crippen molar-refractivity contribution in [3.05, 3.63) is 34.5 Å². The van der Waals surface area contributed by atoms with Gasteiger partial charge < -0.3 is 15.2 Å². The summed E-state index contributed by atoms with van der Waals surface area (Å²) in [5, 5.41) is 8.75. The molecule has 1 aromatic heterocycles. The number of aryl methyl sites for hydroxylation is 3. The molecule has 2 aliphatic heterocycles. The Bertz CT molecular complexity index is 737. The third kappa shape index (κ3) is 2.89.